The van der Waals surface area contributed by atoms with Gasteiger partial charge in [0.15, 0.2) is 0 Å². The van der Waals surface area contributed by atoms with Gasteiger partial charge >= 0.3 is 5.97 Å². The van der Waals surface area contributed by atoms with E-state index < -0.39 is 5.97 Å². The van der Waals surface area contributed by atoms with E-state index in [-0.39, 0.29) is 0 Å². The molecule has 0 aromatic carbocycles. The highest BCUT2D eigenvalue weighted by Gasteiger charge is 2.18. The molecule has 0 amide bonds. The van der Waals surface area contributed by atoms with Gasteiger partial charge in [0, 0.05) is 18.0 Å². The molecule has 0 saturated heterocycles. The number of hydrogen-bond acceptors (Lipinski definition) is 4. The molecule has 5 heteroatoms. The molecule has 0 aliphatic heterocycles. The topological polar surface area (TPSA) is 63.1 Å². The number of rotatable bonds is 4. The second kappa shape index (κ2) is 5.27. The molecular formula is C13H14N2O2S. The molecule has 2 heterocycles. The number of aromatic carboxylic acids is 1. The molecule has 0 spiro atoms. The number of carbonyl (C=O) groups is 1. The molecule has 0 aliphatic carbocycles. The van der Waals surface area contributed by atoms with Crippen LogP contribution in [0.3, 0.4) is 0 Å². The average molecular weight is 262 g/mol. The van der Waals surface area contributed by atoms with Crippen molar-refractivity contribution < 1.29 is 9.90 Å². The van der Waals surface area contributed by atoms with Gasteiger partial charge in [0.1, 0.15) is 9.88 Å². The summed E-state index contributed by atoms with van der Waals surface area (Å²) in [5.74, 6) is -0.899. The maximum Gasteiger partial charge on any atom is 0.347 e. The molecule has 2 rings (SSSR count). The maximum atomic E-state index is 11.2. The van der Waals surface area contributed by atoms with Crippen LogP contribution in [0.15, 0.2) is 18.5 Å². The van der Waals surface area contributed by atoms with Crippen LogP contribution in [0.5, 0.6) is 0 Å². The third kappa shape index (κ3) is 2.41. The van der Waals surface area contributed by atoms with E-state index in [1.54, 1.807) is 12.4 Å². The predicted octanol–water partition coefficient (Wildman–Crippen LogP) is 3.16. The van der Waals surface area contributed by atoms with Crippen LogP contribution in [0, 0.1) is 6.92 Å². The molecule has 0 saturated carbocycles. The Hall–Kier alpha value is -1.75. The van der Waals surface area contributed by atoms with Gasteiger partial charge in [-0.05, 0) is 25.0 Å². The van der Waals surface area contributed by atoms with Gasteiger partial charge in [-0.1, -0.05) is 13.3 Å². The first-order chi connectivity index (χ1) is 8.63. The second-order valence-electron chi connectivity index (χ2n) is 4.04. The second-order valence-corrected chi connectivity index (χ2v) is 5.04. The van der Waals surface area contributed by atoms with Gasteiger partial charge in [0.25, 0.3) is 0 Å². The first-order valence-electron chi connectivity index (χ1n) is 5.77. The van der Waals surface area contributed by atoms with Crippen LogP contribution < -0.4 is 0 Å². The highest BCUT2D eigenvalue weighted by Crippen LogP contribution is 2.30. The summed E-state index contributed by atoms with van der Waals surface area (Å²) in [6.07, 6.45) is 5.03. The molecule has 18 heavy (non-hydrogen) atoms. The fraction of sp³-hybridized carbons (Fsp3) is 0.308. The van der Waals surface area contributed by atoms with Crippen molar-refractivity contribution in [1.29, 1.82) is 0 Å². The summed E-state index contributed by atoms with van der Waals surface area (Å²) in [6.45, 7) is 3.98. The number of carboxylic acids is 1. The van der Waals surface area contributed by atoms with Crippen LogP contribution in [0.1, 0.15) is 34.3 Å². The van der Waals surface area contributed by atoms with E-state index in [1.165, 1.54) is 11.3 Å². The standard InChI is InChI=1S/C13H14N2O2S/c1-3-4-10-11(13(16)17)18-12(15-10)9-7-14-6-5-8(9)2/h5-7H,3-4H2,1-2H3,(H,16,17). The molecule has 0 unspecified atom stereocenters. The summed E-state index contributed by atoms with van der Waals surface area (Å²) in [5.41, 5.74) is 2.64. The molecule has 94 valence electrons. The summed E-state index contributed by atoms with van der Waals surface area (Å²) >= 11 is 1.22. The Kier molecular flexibility index (Phi) is 3.72. The van der Waals surface area contributed by atoms with E-state index in [4.69, 9.17) is 0 Å². The Balaban J connectivity index is 2.50. The summed E-state index contributed by atoms with van der Waals surface area (Å²) < 4.78 is 0. The monoisotopic (exact) mass is 262 g/mol. The summed E-state index contributed by atoms with van der Waals surface area (Å²) in [5, 5.41) is 9.91. The highest BCUT2D eigenvalue weighted by molar-refractivity contribution is 7.17. The van der Waals surface area contributed by atoms with Crippen LogP contribution in [0.2, 0.25) is 0 Å². The number of carboxylic acid groups (broad SMARTS) is 1. The highest BCUT2D eigenvalue weighted by atomic mass is 32.1. The molecule has 0 atom stereocenters. The van der Waals surface area contributed by atoms with E-state index >= 15 is 0 Å². The summed E-state index contributed by atoms with van der Waals surface area (Å²) in [6, 6.07) is 1.90. The van der Waals surface area contributed by atoms with Crippen molar-refractivity contribution in [2.24, 2.45) is 0 Å². The molecule has 1 N–H and O–H groups in total. The van der Waals surface area contributed by atoms with Crippen molar-refractivity contribution in [3.8, 4) is 10.6 Å². The lowest BCUT2D eigenvalue weighted by atomic mass is 10.2. The van der Waals surface area contributed by atoms with Crippen molar-refractivity contribution >= 4 is 17.3 Å². The fourth-order valence-corrected chi connectivity index (χ4v) is 2.75. The van der Waals surface area contributed by atoms with Crippen LogP contribution >= 0.6 is 11.3 Å². The fourth-order valence-electron chi connectivity index (χ4n) is 1.73. The lowest BCUT2D eigenvalue weighted by molar-refractivity contribution is 0.0700. The Morgan fingerprint density at radius 2 is 2.28 bits per heavy atom. The van der Waals surface area contributed by atoms with E-state index in [1.807, 2.05) is 19.9 Å². The van der Waals surface area contributed by atoms with Gasteiger partial charge in [0.2, 0.25) is 0 Å². The zero-order valence-electron chi connectivity index (χ0n) is 10.3. The lowest BCUT2D eigenvalue weighted by Crippen LogP contribution is -1.98. The van der Waals surface area contributed by atoms with Gasteiger partial charge in [-0.25, -0.2) is 9.78 Å². The lowest BCUT2D eigenvalue weighted by Gasteiger charge is -1.99. The predicted molar refractivity (Wildman–Crippen MR) is 71.0 cm³/mol. The Morgan fingerprint density at radius 1 is 1.50 bits per heavy atom. The minimum absolute atomic E-state index is 0.343. The van der Waals surface area contributed by atoms with Gasteiger partial charge in [-0.3, -0.25) is 4.98 Å². The Bertz CT molecular complexity index is 578. The van der Waals surface area contributed by atoms with Gasteiger partial charge in [-0.2, -0.15) is 0 Å². The molecule has 4 nitrogen and oxygen atoms in total. The zero-order chi connectivity index (χ0) is 13.1. The van der Waals surface area contributed by atoms with Gasteiger partial charge in [-0.15, -0.1) is 11.3 Å². The quantitative estimate of drug-likeness (QED) is 0.919. The zero-order valence-corrected chi connectivity index (χ0v) is 11.1. The number of aromatic nitrogens is 2. The molecule has 0 fully saturated rings. The van der Waals surface area contributed by atoms with Crippen molar-refractivity contribution in [3.05, 3.63) is 34.6 Å². The third-order valence-electron chi connectivity index (χ3n) is 2.65. The van der Waals surface area contributed by atoms with E-state index in [2.05, 4.69) is 9.97 Å². The number of nitrogens with zero attached hydrogens (tertiary/aromatic N) is 2. The van der Waals surface area contributed by atoms with Crippen LogP contribution in [0.25, 0.3) is 10.6 Å². The maximum absolute atomic E-state index is 11.2. The van der Waals surface area contributed by atoms with Gasteiger partial charge < -0.3 is 5.11 Å². The summed E-state index contributed by atoms with van der Waals surface area (Å²) in [4.78, 5) is 20.0. The number of thiazole rings is 1. The van der Waals surface area contributed by atoms with Crippen molar-refractivity contribution in [2.75, 3.05) is 0 Å². The van der Waals surface area contributed by atoms with Crippen molar-refractivity contribution in [1.82, 2.24) is 9.97 Å². The largest absolute Gasteiger partial charge is 0.477 e. The molecule has 2 aromatic heterocycles. The van der Waals surface area contributed by atoms with E-state index in [0.29, 0.717) is 17.0 Å². The van der Waals surface area contributed by atoms with E-state index in [9.17, 15) is 9.90 Å². The molecule has 2 aromatic rings. The minimum atomic E-state index is -0.899. The number of hydrogen-bond donors (Lipinski definition) is 1. The molecule has 0 aliphatic rings. The molecule has 0 radical (unpaired) electrons. The first kappa shape index (κ1) is 12.7. The average Bonchev–Trinajstić information content (AvgIpc) is 2.74. The van der Waals surface area contributed by atoms with Crippen LogP contribution in [-0.2, 0) is 6.42 Å². The van der Waals surface area contributed by atoms with Crippen molar-refractivity contribution in [3.63, 3.8) is 0 Å². The Labute approximate surface area is 109 Å². The smallest absolute Gasteiger partial charge is 0.347 e. The Morgan fingerprint density at radius 3 is 2.89 bits per heavy atom. The summed E-state index contributed by atoms with van der Waals surface area (Å²) in [7, 11) is 0. The number of aryl methyl sites for hydroxylation is 2. The normalized spacial score (nSPS) is 10.6. The minimum Gasteiger partial charge on any atom is -0.477 e. The van der Waals surface area contributed by atoms with Crippen LogP contribution in [0.4, 0.5) is 0 Å². The van der Waals surface area contributed by atoms with Crippen LogP contribution in [-0.4, -0.2) is 21.0 Å². The number of pyridine rings is 1. The molecular weight excluding hydrogens is 248 g/mol. The first-order valence-corrected chi connectivity index (χ1v) is 6.59. The van der Waals surface area contributed by atoms with E-state index in [0.717, 1.165) is 22.6 Å². The van der Waals surface area contributed by atoms with Crippen molar-refractivity contribution in [2.45, 2.75) is 26.7 Å². The molecule has 0 bridgehead atoms. The SMILES string of the molecule is CCCc1nc(-c2cnccc2C)sc1C(=O)O. The van der Waals surface area contributed by atoms with Gasteiger partial charge in [0.05, 0.1) is 5.69 Å². The third-order valence-corrected chi connectivity index (χ3v) is 3.77.